The van der Waals surface area contributed by atoms with Crippen LogP contribution >= 0.6 is 0 Å². The molecule has 0 fully saturated rings. The van der Waals surface area contributed by atoms with Crippen molar-refractivity contribution in [2.24, 2.45) is 0 Å². The van der Waals surface area contributed by atoms with E-state index in [-0.39, 0.29) is 0 Å². The van der Waals surface area contributed by atoms with Crippen LogP contribution in [0.15, 0.2) is 18.3 Å². The van der Waals surface area contributed by atoms with E-state index in [0.29, 0.717) is 5.59 Å². The van der Waals surface area contributed by atoms with Crippen LogP contribution in [-0.2, 0) is 6.42 Å². The molecule has 0 amide bonds. The average molecular weight is 117 g/mol. The van der Waals surface area contributed by atoms with E-state index in [0.717, 1.165) is 6.42 Å². The van der Waals surface area contributed by atoms with Gasteiger partial charge in [0.05, 0.1) is 0 Å². The van der Waals surface area contributed by atoms with Crippen molar-refractivity contribution in [2.45, 2.75) is 13.3 Å². The Bertz CT molecular complexity index is 181. The third-order valence-electron chi connectivity index (χ3n) is 1.26. The fourth-order valence-corrected chi connectivity index (χ4v) is 0.645. The predicted molar refractivity (Wildman–Crippen MR) is 39.0 cm³/mol. The molecule has 1 aromatic rings. The van der Waals surface area contributed by atoms with Crippen LogP contribution in [0.1, 0.15) is 12.5 Å². The lowest BCUT2D eigenvalue weighted by Crippen LogP contribution is -2.06. The topological polar surface area (TPSA) is 12.9 Å². The van der Waals surface area contributed by atoms with Crippen LogP contribution < -0.4 is 5.59 Å². The number of hydrogen-bond donors (Lipinski definition) is 0. The molecular weight excluding hydrogens is 109 g/mol. The Morgan fingerprint density at radius 3 is 2.78 bits per heavy atom. The van der Waals surface area contributed by atoms with Crippen LogP contribution in [-0.4, -0.2) is 12.8 Å². The van der Waals surface area contributed by atoms with E-state index in [9.17, 15) is 0 Å². The third kappa shape index (κ3) is 1.56. The minimum absolute atomic E-state index is 0.590. The second-order valence-corrected chi connectivity index (χ2v) is 1.94. The van der Waals surface area contributed by atoms with Crippen molar-refractivity contribution in [3.63, 3.8) is 0 Å². The van der Waals surface area contributed by atoms with Crippen molar-refractivity contribution in [2.75, 3.05) is 0 Å². The molecule has 0 bridgehead atoms. The third-order valence-corrected chi connectivity index (χ3v) is 1.26. The number of aromatic nitrogens is 1. The zero-order chi connectivity index (χ0) is 6.69. The summed E-state index contributed by atoms with van der Waals surface area (Å²) in [5, 5.41) is 0. The zero-order valence-electron chi connectivity index (χ0n) is 5.46. The predicted octanol–water partition coefficient (Wildman–Crippen LogP) is 0.438. The van der Waals surface area contributed by atoms with E-state index in [1.165, 1.54) is 5.56 Å². The molecule has 1 rings (SSSR count). The van der Waals surface area contributed by atoms with Crippen molar-refractivity contribution >= 4 is 13.4 Å². The van der Waals surface area contributed by atoms with Crippen molar-refractivity contribution < 1.29 is 0 Å². The molecule has 2 radical (unpaired) electrons. The molecule has 0 saturated heterocycles. The van der Waals surface area contributed by atoms with Gasteiger partial charge in [0.2, 0.25) is 0 Å². The fourth-order valence-electron chi connectivity index (χ4n) is 0.645. The second kappa shape index (κ2) is 2.67. The lowest BCUT2D eigenvalue weighted by Gasteiger charge is -1.94. The molecule has 0 spiro atoms. The average Bonchev–Trinajstić information content (AvgIpc) is 1.90. The Balaban J connectivity index is 2.88. The van der Waals surface area contributed by atoms with Crippen LogP contribution in [0, 0.1) is 0 Å². The Labute approximate surface area is 56.5 Å². The van der Waals surface area contributed by atoms with E-state index in [1.807, 2.05) is 12.1 Å². The van der Waals surface area contributed by atoms with Crippen LogP contribution in [0.25, 0.3) is 0 Å². The highest BCUT2D eigenvalue weighted by molar-refractivity contribution is 6.30. The summed E-state index contributed by atoms with van der Waals surface area (Å²) in [6.07, 6.45) is 2.82. The standard InChI is InChI=1S/C7H8BN/c1-2-6-3-4-7(8)9-5-6/h3-5H,2H2,1H3. The van der Waals surface area contributed by atoms with Gasteiger partial charge in [-0.25, -0.2) is 0 Å². The molecule has 0 aliphatic rings. The molecule has 9 heavy (non-hydrogen) atoms. The Kier molecular flexibility index (Phi) is 1.88. The lowest BCUT2D eigenvalue weighted by atomic mass is 10.0. The van der Waals surface area contributed by atoms with E-state index in [4.69, 9.17) is 7.85 Å². The zero-order valence-corrected chi connectivity index (χ0v) is 5.46. The molecule has 0 aliphatic carbocycles. The minimum Gasteiger partial charge on any atom is -0.273 e. The molecule has 2 heteroatoms. The van der Waals surface area contributed by atoms with Gasteiger partial charge >= 0.3 is 0 Å². The summed E-state index contributed by atoms with van der Waals surface area (Å²) >= 11 is 0. The SMILES string of the molecule is [B]c1ccc(CC)cn1. The van der Waals surface area contributed by atoms with E-state index in [2.05, 4.69) is 11.9 Å². The summed E-state index contributed by atoms with van der Waals surface area (Å²) in [5.74, 6) is 0. The molecule has 0 saturated carbocycles. The Hall–Kier alpha value is -0.785. The monoisotopic (exact) mass is 117 g/mol. The first kappa shape index (κ1) is 6.34. The smallest absolute Gasteiger partial charge is 0.141 e. The van der Waals surface area contributed by atoms with Gasteiger partial charge in [0.25, 0.3) is 0 Å². The largest absolute Gasteiger partial charge is 0.273 e. The summed E-state index contributed by atoms with van der Waals surface area (Å²) in [4.78, 5) is 3.93. The summed E-state index contributed by atoms with van der Waals surface area (Å²) in [7, 11) is 5.37. The van der Waals surface area contributed by atoms with E-state index < -0.39 is 0 Å². The molecule has 0 atom stereocenters. The van der Waals surface area contributed by atoms with Crippen LogP contribution in [0.3, 0.4) is 0 Å². The molecule has 0 aromatic carbocycles. The Morgan fingerprint density at radius 2 is 2.33 bits per heavy atom. The highest BCUT2D eigenvalue weighted by atomic mass is 14.6. The second-order valence-electron chi connectivity index (χ2n) is 1.94. The maximum absolute atomic E-state index is 5.37. The van der Waals surface area contributed by atoms with Crippen molar-refractivity contribution in [3.05, 3.63) is 23.9 Å². The van der Waals surface area contributed by atoms with Gasteiger partial charge in [0.15, 0.2) is 0 Å². The van der Waals surface area contributed by atoms with E-state index >= 15 is 0 Å². The lowest BCUT2D eigenvalue weighted by molar-refractivity contribution is 1.11. The molecule has 44 valence electrons. The summed E-state index contributed by atoms with van der Waals surface area (Å²) in [6, 6.07) is 3.81. The highest BCUT2D eigenvalue weighted by Crippen LogP contribution is 1.92. The highest BCUT2D eigenvalue weighted by Gasteiger charge is 1.85. The first-order valence-electron chi connectivity index (χ1n) is 3.03. The number of rotatable bonds is 1. The van der Waals surface area contributed by atoms with Crippen molar-refractivity contribution in [1.82, 2.24) is 4.98 Å². The number of nitrogens with zero attached hydrogens (tertiary/aromatic N) is 1. The molecule has 1 aromatic heterocycles. The molecule has 0 N–H and O–H groups in total. The summed E-state index contributed by atoms with van der Waals surface area (Å²) < 4.78 is 0. The maximum atomic E-state index is 5.37. The fraction of sp³-hybridized carbons (Fsp3) is 0.286. The normalized spacial score (nSPS) is 9.44. The minimum atomic E-state index is 0.590. The van der Waals surface area contributed by atoms with Gasteiger partial charge in [-0.1, -0.05) is 19.1 Å². The van der Waals surface area contributed by atoms with Gasteiger partial charge in [-0.15, -0.1) is 0 Å². The Morgan fingerprint density at radius 1 is 1.56 bits per heavy atom. The summed E-state index contributed by atoms with van der Waals surface area (Å²) in [6.45, 7) is 2.09. The molecule has 1 heterocycles. The number of pyridine rings is 1. The van der Waals surface area contributed by atoms with Crippen LogP contribution in [0.2, 0.25) is 0 Å². The van der Waals surface area contributed by atoms with Crippen LogP contribution in [0.4, 0.5) is 0 Å². The van der Waals surface area contributed by atoms with Crippen molar-refractivity contribution in [3.8, 4) is 0 Å². The van der Waals surface area contributed by atoms with Gasteiger partial charge in [0.1, 0.15) is 7.85 Å². The first-order chi connectivity index (χ1) is 4.33. The van der Waals surface area contributed by atoms with Crippen molar-refractivity contribution in [1.29, 1.82) is 0 Å². The molecular formula is C7H8BN. The maximum Gasteiger partial charge on any atom is 0.141 e. The summed E-state index contributed by atoms with van der Waals surface area (Å²) in [5.41, 5.74) is 1.82. The van der Waals surface area contributed by atoms with Gasteiger partial charge in [-0.05, 0) is 17.6 Å². The molecule has 0 unspecified atom stereocenters. The number of aryl methyl sites for hydroxylation is 1. The number of hydrogen-bond acceptors (Lipinski definition) is 1. The molecule has 1 nitrogen and oxygen atoms in total. The van der Waals surface area contributed by atoms with Gasteiger partial charge in [0, 0.05) is 6.20 Å². The first-order valence-corrected chi connectivity index (χ1v) is 3.03. The van der Waals surface area contributed by atoms with E-state index in [1.54, 1.807) is 6.20 Å². The van der Waals surface area contributed by atoms with Gasteiger partial charge in [-0.3, -0.25) is 4.98 Å². The quantitative estimate of drug-likeness (QED) is 0.486. The van der Waals surface area contributed by atoms with Crippen LogP contribution in [0.5, 0.6) is 0 Å². The molecule has 0 aliphatic heterocycles. The van der Waals surface area contributed by atoms with Gasteiger partial charge in [-0.2, -0.15) is 0 Å². The van der Waals surface area contributed by atoms with Gasteiger partial charge < -0.3 is 0 Å².